The highest BCUT2D eigenvalue weighted by Gasteiger charge is 2.09. The molecule has 96 valence electrons. The summed E-state index contributed by atoms with van der Waals surface area (Å²) in [5, 5.41) is 13.3. The van der Waals surface area contributed by atoms with Crippen LogP contribution < -0.4 is 11.2 Å². The Morgan fingerprint density at radius 2 is 1.89 bits per heavy atom. The number of hydrogen-bond acceptors (Lipinski definition) is 4. The molecule has 2 rings (SSSR count). The molecule has 0 radical (unpaired) electrons. The number of pyridine rings is 1. The second-order valence-electron chi connectivity index (χ2n) is 3.69. The Kier molecular flexibility index (Phi) is 3.72. The number of hydrazone groups is 1. The summed E-state index contributed by atoms with van der Waals surface area (Å²) in [6.07, 6.45) is 3.14. The highest BCUT2D eigenvalue weighted by atomic mass is 16.3. The van der Waals surface area contributed by atoms with Crippen molar-refractivity contribution in [2.45, 2.75) is 0 Å². The third kappa shape index (κ3) is 3.06. The fraction of sp³-hybridized carbons (Fsp3) is 0. The Bertz CT molecular complexity index is 611. The molecule has 19 heavy (non-hydrogen) atoms. The number of carbonyl (C=O) groups excluding carboxylic acids is 1. The normalized spacial score (nSPS) is 11.1. The minimum Gasteiger partial charge on any atom is -0.507 e. The Labute approximate surface area is 109 Å². The summed E-state index contributed by atoms with van der Waals surface area (Å²) >= 11 is 0. The van der Waals surface area contributed by atoms with Crippen LogP contribution in [0.15, 0.2) is 53.9 Å². The number of aromatic nitrogens is 1. The lowest BCUT2D eigenvalue weighted by Gasteiger charge is -2.04. The smallest absolute Gasteiger partial charge is 0.275 e. The van der Waals surface area contributed by atoms with E-state index in [9.17, 15) is 9.90 Å². The van der Waals surface area contributed by atoms with Crippen LogP contribution in [0.4, 0.5) is 0 Å². The zero-order chi connectivity index (χ0) is 13.7. The second kappa shape index (κ2) is 5.63. The summed E-state index contributed by atoms with van der Waals surface area (Å²) in [5.74, 6) is -0.487. The molecule has 1 aromatic heterocycles. The van der Waals surface area contributed by atoms with Crippen LogP contribution in [0.2, 0.25) is 0 Å². The van der Waals surface area contributed by atoms with Crippen molar-refractivity contribution in [1.82, 2.24) is 10.4 Å². The monoisotopic (exact) mass is 256 g/mol. The van der Waals surface area contributed by atoms with E-state index in [-0.39, 0.29) is 17.1 Å². The number of phenols is 1. The molecule has 6 nitrogen and oxygen atoms in total. The number of hydrogen-bond donors (Lipinski definition) is 3. The summed E-state index contributed by atoms with van der Waals surface area (Å²) in [6, 6.07) is 9.52. The fourth-order valence-electron chi connectivity index (χ4n) is 1.42. The lowest BCUT2D eigenvalue weighted by molar-refractivity contribution is 0.0952. The van der Waals surface area contributed by atoms with E-state index < -0.39 is 5.91 Å². The van der Waals surface area contributed by atoms with Crippen LogP contribution in [0.3, 0.4) is 0 Å². The van der Waals surface area contributed by atoms with Crippen LogP contribution in [0.1, 0.15) is 15.9 Å². The number of aromatic hydroxyl groups is 1. The average molecular weight is 256 g/mol. The fourth-order valence-corrected chi connectivity index (χ4v) is 1.42. The lowest BCUT2D eigenvalue weighted by Crippen LogP contribution is -2.24. The van der Waals surface area contributed by atoms with E-state index in [0.29, 0.717) is 5.56 Å². The molecule has 1 heterocycles. The summed E-state index contributed by atoms with van der Waals surface area (Å²) in [7, 11) is 0. The van der Waals surface area contributed by atoms with Gasteiger partial charge in [-0.15, -0.1) is 0 Å². The Hall–Kier alpha value is -2.89. The largest absolute Gasteiger partial charge is 0.507 e. The first-order chi connectivity index (χ1) is 9.18. The third-order valence-corrected chi connectivity index (χ3v) is 2.40. The predicted octanol–water partition coefficient (Wildman–Crippen LogP) is 0.837. The van der Waals surface area contributed by atoms with Gasteiger partial charge in [-0.2, -0.15) is 5.10 Å². The molecule has 0 fully saturated rings. The van der Waals surface area contributed by atoms with Gasteiger partial charge in [0.15, 0.2) is 5.84 Å². The van der Waals surface area contributed by atoms with Gasteiger partial charge in [0, 0.05) is 18.0 Å². The zero-order valence-corrected chi connectivity index (χ0v) is 9.95. The number of amidine groups is 1. The van der Waals surface area contributed by atoms with Gasteiger partial charge in [-0.25, -0.2) is 5.43 Å². The SMILES string of the molecule is N/C(=N/NC(=O)c1ccccc1O)c1ccncc1. The van der Waals surface area contributed by atoms with E-state index in [4.69, 9.17) is 5.73 Å². The summed E-state index contributed by atoms with van der Waals surface area (Å²) in [5.41, 5.74) is 8.77. The van der Waals surface area contributed by atoms with Gasteiger partial charge in [-0.05, 0) is 24.3 Å². The van der Waals surface area contributed by atoms with Gasteiger partial charge in [0.1, 0.15) is 5.75 Å². The molecule has 1 aromatic carbocycles. The highest BCUT2D eigenvalue weighted by molar-refractivity contribution is 6.00. The van der Waals surface area contributed by atoms with Crippen LogP contribution in [0.5, 0.6) is 5.75 Å². The van der Waals surface area contributed by atoms with Gasteiger partial charge in [-0.1, -0.05) is 12.1 Å². The molecule has 0 aliphatic carbocycles. The number of benzene rings is 1. The molecule has 2 aromatic rings. The number of nitrogens with zero attached hydrogens (tertiary/aromatic N) is 2. The van der Waals surface area contributed by atoms with Crippen molar-refractivity contribution >= 4 is 11.7 Å². The third-order valence-electron chi connectivity index (χ3n) is 2.40. The second-order valence-corrected chi connectivity index (χ2v) is 3.69. The van der Waals surface area contributed by atoms with Crippen molar-refractivity contribution in [3.8, 4) is 5.75 Å². The van der Waals surface area contributed by atoms with Crippen LogP contribution >= 0.6 is 0 Å². The summed E-state index contributed by atoms with van der Waals surface area (Å²) in [6.45, 7) is 0. The number of carbonyl (C=O) groups is 1. The number of nitrogens with two attached hydrogens (primary N) is 1. The maximum absolute atomic E-state index is 11.8. The Morgan fingerprint density at radius 3 is 2.58 bits per heavy atom. The van der Waals surface area contributed by atoms with Crippen LogP contribution in [-0.4, -0.2) is 21.8 Å². The van der Waals surface area contributed by atoms with E-state index >= 15 is 0 Å². The molecule has 0 saturated heterocycles. The van der Waals surface area contributed by atoms with Gasteiger partial charge in [0.25, 0.3) is 5.91 Å². The Balaban J connectivity index is 2.11. The maximum atomic E-state index is 11.8. The minimum absolute atomic E-state index is 0.113. The number of nitrogens with one attached hydrogen (secondary N) is 1. The van der Waals surface area contributed by atoms with Crippen LogP contribution in [0, 0.1) is 0 Å². The van der Waals surface area contributed by atoms with Crippen molar-refractivity contribution in [1.29, 1.82) is 0 Å². The van der Waals surface area contributed by atoms with Crippen LogP contribution in [-0.2, 0) is 0 Å². The van der Waals surface area contributed by atoms with Crippen molar-refractivity contribution in [2.75, 3.05) is 0 Å². The number of amides is 1. The van der Waals surface area contributed by atoms with Gasteiger partial charge in [0.05, 0.1) is 5.56 Å². The Morgan fingerprint density at radius 1 is 1.21 bits per heavy atom. The molecule has 0 spiro atoms. The molecule has 0 aliphatic rings. The highest BCUT2D eigenvalue weighted by Crippen LogP contribution is 2.14. The number of phenolic OH excluding ortho intramolecular Hbond substituents is 1. The molecule has 6 heteroatoms. The van der Waals surface area contributed by atoms with Gasteiger partial charge in [-0.3, -0.25) is 9.78 Å². The molecule has 4 N–H and O–H groups in total. The van der Waals surface area contributed by atoms with Crippen molar-refractivity contribution in [3.63, 3.8) is 0 Å². The lowest BCUT2D eigenvalue weighted by atomic mass is 10.2. The average Bonchev–Trinajstić information content (AvgIpc) is 2.46. The van der Waals surface area contributed by atoms with Crippen molar-refractivity contribution in [3.05, 3.63) is 59.9 Å². The van der Waals surface area contributed by atoms with Gasteiger partial charge in [0.2, 0.25) is 0 Å². The quantitative estimate of drug-likeness (QED) is 0.430. The summed E-state index contributed by atoms with van der Waals surface area (Å²) < 4.78 is 0. The molecule has 0 saturated carbocycles. The topological polar surface area (TPSA) is 101 Å². The van der Waals surface area contributed by atoms with E-state index in [1.807, 2.05) is 0 Å². The minimum atomic E-state index is -0.532. The zero-order valence-electron chi connectivity index (χ0n) is 9.95. The number of para-hydroxylation sites is 1. The van der Waals surface area contributed by atoms with Crippen molar-refractivity contribution in [2.24, 2.45) is 10.8 Å². The maximum Gasteiger partial charge on any atom is 0.275 e. The van der Waals surface area contributed by atoms with Crippen molar-refractivity contribution < 1.29 is 9.90 Å². The molecule has 0 unspecified atom stereocenters. The van der Waals surface area contributed by atoms with Gasteiger partial charge >= 0.3 is 0 Å². The summed E-state index contributed by atoms with van der Waals surface area (Å²) in [4.78, 5) is 15.6. The molecule has 0 aliphatic heterocycles. The number of rotatable bonds is 3. The molecule has 0 atom stereocenters. The van der Waals surface area contributed by atoms with Gasteiger partial charge < -0.3 is 10.8 Å². The molecule has 0 bridgehead atoms. The van der Waals surface area contributed by atoms with E-state index in [0.717, 1.165) is 0 Å². The predicted molar refractivity (Wildman–Crippen MR) is 70.5 cm³/mol. The molecular formula is C13H12N4O2. The van der Waals surface area contributed by atoms with Crippen LogP contribution in [0.25, 0.3) is 0 Å². The van der Waals surface area contributed by atoms with E-state index in [2.05, 4.69) is 15.5 Å². The first-order valence-electron chi connectivity index (χ1n) is 5.50. The standard InChI is InChI=1S/C13H12N4O2/c14-12(9-5-7-15-8-6-9)16-17-13(19)10-3-1-2-4-11(10)18/h1-8,18H,(H2,14,16)(H,17,19). The van der Waals surface area contributed by atoms with E-state index in [1.54, 1.807) is 36.7 Å². The first kappa shape index (κ1) is 12.6. The first-order valence-corrected chi connectivity index (χ1v) is 5.50. The molecular weight excluding hydrogens is 244 g/mol. The van der Waals surface area contributed by atoms with E-state index in [1.165, 1.54) is 12.1 Å². The molecule has 1 amide bonds.